The van der Waals surface area contributed by atoms with Crippen LogP contribution in [-0.4, -0.2) is 19.1 Å². The van der Waals surface area contributed by atoms with Crippen LogP contribution in [0.2, 0.25) is 0 Å². The molecule has 100 valence electrons. The van der Waals surface area contributed by atoms with E-state index in [4.69, 9.17) is 4.74 Å². The molecule has 3 nitrogen and oxygen atoms in total. The largest absolute Gasteiger partial charge is 0.465 e. The Hall–Kier alpha value is -1.65. The molecule has 19 heavy (non-hydrogen) atoms. The zero-order chi connectivity index (χ0) is 13.5. The quantitative estimate of drug-likeness (QED) is 0.823. The van der Waals surface area contributed by atoms with Crippen molar-refractivity contribution in [2.45, 2.75) is 13.5 Å². The molecule has 1 heterocycles. The number of benzene rings is 1. The van der Waals surface area contributed by atoms with Crippen LogP contribution in [0.5, 0.6) is 0 Å². The molecule has 0 aliphatic carbocycles. The molecule has 1 N–H and O–H groups in total. The van der Waals surface area contributed by atoms with Crippen molar-refractivity contribution >= 4 is 17.3 Å². The van der Waals surface area contributed by atoms with Gasteiger partial charge in [-0.1, -0.05) is 30.3 Å². The topological polar surface area (TPSA) is 38.3 Å². The van der Waals surface area contributed by atoms with Crippen LogP contribution in [0.3, 0.4) is 0 Å². The SMILES string of the molecule is CCOC(=O)CNCc1cc(-c2ccccc2)cs1. The maximum Gasteiger partial charge on any atom is 0.319 e. The maximum absolute atomic E-state index is 11.2. The lowest BCUT2D eigenvalue weighted by atomic mass is 10.1. The van der Waals surface area contributed by atoms with Crippen LogP contribution in [0.1, 0.15) is 11.8 Å². The lowest BCUT2D eigenvalue weighted by Gasteiger charge is -2.02. The van der Waals surface area contributed by atoms with E-state index >= 15 is 0 Å². The Labute approximate surface area is 117 Å². The summed E-state index contributed by atoms with van der Waals surface area (Å²) < 4.78 is 4.86. The van der Waals surface area contributed by atoms with Crippen molar-refractivity contribution in [1.29, 1.82) is 0 Å². The molecular formula is C15H17NO2S. The maximum atomic E-state index is 11.2. The van der Waals surface area contributed by atoms with Gasteiger partial charge in [-0.15, -0.1) is 11.3 Å². The second-order valence-corrected chi connectivity index (χ2v) is 5.07. The molecule has 2 aromatic rings. The predicted molar refractivity (Wildman–Crippen MR) is 78.1 cm³/mol. The van der Waals surface area contributed by atoms with Gasteiger partial charge in [0.05, 0.1) is 13.2 Å². The molecule has 2 rings (SSSR count). The summed E-state index contributed by atoms with van der Waals surface area (Å²) in [4.78, 5) is 12.4. The second-order valence-electron chi connectivity index (χ2n) is 4.08. The van der Waals surface area contributed by atoms with Gasteiger partial charge < -0.3 is 10.1 Å². The Kier molecular flexibility index (Phi) is 5.12. The zero-order valence-corrected chi connectivity index (χ0v) is 11.7. The van der Waals surface area contributed by atoms with Gasteiger partial charge in [-0.05, 0) is 29.5 Å². The minimum atomic E-state index is -0.206. The highest BCUT2D eigenvalue weighted by Crippen LogP contribution is 2.25. The number of esters is 1. The summed E-state index contributed by atoms with van der Waals surface area (Å²) in [6, 6.07) is 12.4. The van der Waals surface area contributed by atoms with Crippen molar-refractivity contribution in [2.24, 2.45) is 0 Å². The van der Waals surface area contributed by atoms with E-state index in [0.717, 1.165) is 0 Å². The van der Waals surface area contributed by atoms with Crippen LogP contribution in [0.15, 0.2) is 41.8 Å². The van der Waals surface area contributed by atoms with Gasteiger partial charge in [-0.2, -0.15) is 0 Å². The lowest BCUT2D eigenvalue weighted by Crippen LogP contribution is -2.23. The third-order valence-electron chi connectivity index (χ3n) is 2.63. The first kappa shape index (κ1) is 13.8. The van der Waals surface area contributed by atoms with Gasteiger partial charge in [0.1, 0.15) is 0 Å². The van der Waals surface area contributed by atoms with Crippen LogP contribution in [0, 0.1) is 0 Å². The van der Waals surface area contributed by atoms with Gasteiger partial charge in [0.2, 0.25) is 0 Å². The summed E-state index contributed by atoms with van der Waals surface area (Å²) in [7, 11) is 0. The molecule has 0 spiro atoms. The van der Waals surface area contributed by atoms with Crippen LogP contribution in [-0.2, 0) is 16.1 Å². The van der Waals surface area contributed by atoms with E-state index in [1.54, 1.807) is 11.3 Å². The van der Waals surface area contributed by atoms with Crippen LogP contribution < -0.4 is 5.32 Å². The lowest BCUT2D eigenvalue weighted by molar-refractivity contribution is -0.142. The number of carbonyl (C=O) groups excluding carboxylic acids is 1. The van der Waals surface area contributed by atoms with Crippen molar-refractivity contribution in [2.75, 3.05) is 13.2 Å². The number of rotatable bonds is 6. The van der Waals surface area contributed by atoms with E-state index in [9.17, 15) is 4.79 Å². The first-order chi connectivity index (χ1) is 9.29. The fraction of sp³-hybridized carbons (Fsp3) is 0.267. The molecule has 0 bridgehead atoms. The normalized spacial score (nSPS) is 10.4. The Morgan fingerprint density at radius 1 is 1.26 bits per heavy atom. The van der Waals surface area contributed by atoms with E-state index in [1.165, 1.54) is 16.0 Å². The number of hydrogen-bond donors (Lipinski definition) is 1. The molecule has 0 saturated carbocycles. The Morgan fingerprint density at radius 2 is 2.05 bits per heavy atom. The van der Waals surface area contributed by atoms with E-state index in [2.05, 4.69) is 28.9 Å². The van der Waals surface area contributed by atoms with Gasteiger partial charge >= 0.3 is 5.97 Å². The second kappa shape index (κ2) is 7.07. The average molecular weight is 275 g/mol. The smallest absolute Gasteiger partial charge is 0.319 e. The van der Waals surface area contributed by atoms with Gasteiger partial charge in [-0.25, -0.2) is 0 Å². The summed E-state index contributed by atoms with van der Waals surface area (Å²) in [5.41, 5.74) is 2.44. The van der Waals surface area contributed by atoms with Gasteiger partial charge in [0.25, 0.3) is 0 Å². The van der Waals surface area contributed by atoms with E-state index < -0.39 is 0 Å². The van der Waals surface area contributed by atoms with Crippen molar-refractivity contribution < 1.29 is 9.53 Å². The monoisotopic (exact) mass is 275 g/mol. The van der Waals surface area contributed by atoms with Crippen LogP contribution in [0.25, 0.3) is 11.1 Å². The summed E-state index contributed by atoms with van der Waals surface area (Å²) in [6.45, 7) is 3.18. The zero-order valence-electron chi connectivity index (χ0n) is 10.9. The van der Waals surface area contributed by atoms with Gasteiger partial charge in [0.15, 0.2) is 0 Å². The van der Waals surface area contributed by atoms with Crippen LogP contribution >= 0.6 is 11.3 Å². The standard InChI is InChI=1S/C15H17NO2S/c1-2-18-15(17)10-16-9-14-8-13(11-19-14)12-6-4-3-5-7-12/h3-8,11,16H,2,9-10H2,1H3. The molecule has 4 heteroatoms. The first-order valence-corrected chi connectivity index (χ1v) is 7.16. The Balaban J connectivity index is 1.86. The number of hydrogen-bond acceptors (Lipinski definition) is 4. The summed E-state index contributed by atoms with van der Waals surface area (Å²) in [6.07, 6.45) is 0. The number of thiophene rings is 1. The van der Waals surface area contributed by atoms with Crippen LogP contribution in [0.4, 0.5) is 0 Å². The molecule has 1 aromatic heterocycles. The molecule has 1 aromatic carbocycles. The Morgan fingerprint density at radius 3 is 2.79 bits per heavy atom. The fourth-order valence-electron chi connectivity index (χ4n) is 1.76. The molecule has 0 aliphatic rings. The molecule has 0 radical (unpaired) electrons. The minimum absolute atomic E-state index is 0.206. The molecule has 0 amide bonds. The molecule has 0 aliphatic heterocycles. The van der Waals surface area contributed by atoms with Crippen molar-refractivity contribution in [1.82, 2.24) is 5.32 Å². The molecule has 0 unspecified atom stereocenters. The predicted octanol–water partition coefficient (Wildman–Crippen LogP) is 3.07. The number of ether oxygens (including phenoxy) is 1. The first-order valence-electron chi connectivity index (χ1n) is 6.28. The van der Waals surface area contributed by atoms with E-state index in [0.29, 0.717) is 13.2 Å². The third-order valence-corrected chi connectivity index (χ3v) is 3.57. The highest BCUT2D eigenvalue weighted by molar-refractivity contribution is 7.10. The van der Waals surface area contributed by atoms with Crippen molar-refractivity contribution in [3.63, 3.8) is 0 Å². The van der Waals surface area contributed by atoms with Crippen molar-refractivity contribution in [3.05, 3.63) is 46.7 Å². The average Bonchev–Trinajstić information content (AvgIpc) is 2.89. The van der Waals surface area contributed by atoms with Gasteiger partial charge in [0, 0.05) is 11.4 Å². The summed E-state index contributed by atoms with van der Waals surface area (Å²) in [5.74, 6) is -0.206. The Bertz CT molecular complexity index is 522. The third kappa shape index (κ3) is 4.19. The number of nitrogens with one attached hydrogen (secondary N) is 1. The van der Waals surface area contributed by atoms with Crippen molar-refractivity contribution in [3.8, 4) is 11.1 Å². The van der Waals surface area contributed by atoms with E-state index in [-0.39, 0.29) is 12.5 Å². The highest BCUT2D eigenvalue weighted by atomic mass is 32.1. The number of carbonyl (C=O) groups is 1. The minimum Gasteiger partial charge on any atom is -0.465 e. The summed E-state index contributed by atoms with van der Waals surface area (Å²) >= 11 is 1.69. The van der Waals surface area contributed by atoms with Gasteiger partial charge in [-0.3, -0.25) is 4.79 Å². The molecular weight excluding hydrogens is 258 g/mol. The molecule has 0 fully saturated rings. The van der Waals surface area contributed by atoms with E-state index in [1.807, 2.05) is 25.1 Å². The molecule has 0 atom stereocenters. The fourth-order valence-corrected chi connectivity index (χ4v) is 2.62. The molecule has 0 saturated heterocycles. The summed E-state index contributed by atoms with van der Waals surface area (Å²) in [5, 5.41) is 5.22. The highest BCUT2D eigenvalue weighted by Gasteiger charge is 2.04.